The molecule has 1 heteroatoms. The maximum Gasteiger partial charge on any atom is 0.0407 e. The maximum atomic E-state index is 4.29. The number of aryl methyl sites for hydroxylation is 2. The summed E-state index contributed by atoms with van der Waals surface area (Å²) in [6.07, 6.45) is 6.47. The molecule has 1 rings (SSSR count). The van der Waals surface area contributed by atoms with Crippen molar-refractivity contribution in [2.24, 2.45) is 0 Å². The molecule has 0 amide bonds. The van der Waals surface area contributed by atoms with Crippen LogP contribution in [-0.2, 0) is 12.8 Å². The molecule has 0 spiro atoms. The Morgan fingerprint density at radius 2 is 1.92 bits per heavy atom. The number of rotatable bonds is 4. The molecule has 1 heterocycles. The fraction of sp³-hybridized carbons (Fsp3) is 0.583. The standard InChI is InChI=1S/C12H18N/c1-4-6-11-8-9-13-10(3)12(11)7-5-2/h9H,4-7H2,1-3H3. The lowest BCUT2D eigenvalue weighted by atomic mass is 9.99. The molecule has 0 bridgehead atoms. The van der Waals surface area contributed by atoms with Crippen molar-refractivity contribution in [2.75, 3.05) is 0 Å². The normalized spacial score (nSPS) is 10.4. The quantitative estimate of drug-likeness (QED) is 0.687. The number of nitrogens with zero attached hydrogens (tertiary/aromatic N) is 1. The minimum Gasteiger partial charge on any atom is -0.261 e. The summed E-state index contributed by atoms with van der Waals surface area (Å²) in [6.45, 7) is 6.51. The van der Waals surface area contributed by atoms with E-state index in [4.69, 9.17) is 0 Å². The van der Waals surface area contributed by atoms with Crippen LogP contribution in [0.25, 0.3) is 0 Å². The Hall–Kier alpha value is -0.850. The van der Waals surface area contributed by atoms with Crippen LogP contribution < -0.4 is 0 Å². The lowest BCUT2D eigenvalue weighted by Gasteiger charge is -2.09. The smallest absolute Gasteiger partial charge is 0.0407 e. The van der Waals surface area contributed by atoms with Crippen molar-refractivity contribution in [1.29, 1.82) is 0 Å². The van der Waals surface area contributed by atoms with Crippen molar-refractivity contribution in [3.8, 4) is 0 Å². The molecular formula is C12H18N. The van der Waals surface area contributed by atoms with Gasteiger partial charge in [0, 0.05) is 18.0 Å². The van der Waals surface area contributed by atoms with Crippen LogP contribution in [0.3, 0.4) is 0 Å². The average Bonchev–Trinajstić information content (AvgIpc) is 2.11. The molecule has 0 aliphatic heterocycles. The highest BCUT2D eigenvalue weighted by Crippen LogP contribution is 2.15. The summed E-state index contributed by atoms with van der Waals surface area (Å²) in [5.74, 6) is 0. The summed E-state index contributed by atoms with van der Waals surface area (Å²) in [6, 6.07) is 3.25. The summed E-state index contributed by atoms with van der Waals surface area (Å²) in [4.78, 5) is 4.29. The molecule has 1 aromatic heterocycles. The zero-order valence-electron chi connectivity index (χ0n) is 8.85. The van der Waals surface area contributed by atoms with Gasteiger partial charge in [0.15, 0.2) is 0 Å². The van der Waals surface area contributed by atoms with Gasteiger partial charge in [-0.1, -0.05) is 26.7 Å². The van der Waals surface area contributed by atoms with Gasteiger partial charge >= 0.3 is 0 Å². The van der Waals surface area contributed by atoms with E-state index in [2.05, 4.69) is 31.8 Å². The first kappa shape index (κ1) is 10.2. The summed E-state index contributed by atoms with van der Waals surface area (Å²) in [5.41, 5.74) is 3.98. The van der Waals surface area contributed by atoms with E-state index < -0.39 is 0 Å². The van der Waals surface area contributed by atoms with Crippen LogP contribution in [0, 0.1) is 13.0 Å². The minimum atomic E-state index is 1.14. The van der Waals surface area contributed by atoms with Crippen LogP contribution in [0.5, 0.6) is 0 Å². The fourth-order valence-electron chi connectivity index (χ4n) is 1.65. The lowest BCUT2D eigenvalue weighted by Crippen LogP contribution is -1.99. The van der Waals surface area contributed by atoms with Gasteiger partial charge in [-0.2, -0.15) is 0 Å². The van der Waals surface area contributed by atoms with Crippen LogP contribution in [0.4, 0.5) is 0 Å². The summed E-state index contributed by atoms with van der Waals surface area (Å²) in [7, 11) is 0. The second-order valence-electron chi connectivity index (χ2n) is 3.45. The molecule has 0 N–H and O–H groups in total. The summed E-state index contributed by atoms with van der Waals surface area (Å²) in [5, 5.41) is 0. The molecule has 0 saturated carbocycles. The molecule has 0 aliphatic rings. The fourth-order valence-corrected chi connectivity index (χ4v) is 1.65. The van der Waals surface area contributed by atoms with Crippen molar-refractivity contribution < 1.29 is 0 Å². The zero-order chi connectivity index (χ0) is 9.68. The SMILES string of the molecule is CCCc1[c]cnc(C)c1CCC. The Bertz CT molecular complexity index is 266. The van der Waals surface area contributed by atoms with Gasteiger partial charge in [-0.3, -0.25) is 4.98 Å². The van der Waals surface area contributed by atoms with Crippen LogP contribution in [-0.4, -0.2) is 4.98 Å². The predicted molar refractivity (Wildman–Crippen MR) is 55.8 cm³/mol. The third-order valence-corrected chi connectivity index (χ3v) is 2.30. The number of hydrogen-bond acceptors (Lipinski definition) is 1. The van der Waals surface area contributed by atoms with Crippen LogP contribution in [0.15, 0.2) is 6.20 Å². The molecule has 1 nitrogen and oxygen atoms in total. The second-order valence-corrected chi connectivity index (χ2v) is 3.45. The van der Waals surface area contributed by atoms with E-state index in [0.29, 0.717) is 0 Å². The van der Waals surface area contributed by atoms with Gasteiger partial charge in [-0.15, -0.1) is 0 Å². The third kappa shape index (κ3) is 2.55. The lowest BCUT2D eigenvalue weighted by molar-refractivity contribution is 0.840. The molecule has 0 aromatic carbocycles. The Morgan fingerprint density at radius 1 is 1.23 bits per heavy atom. The molecule has 0 atom stereocenters. The first-order chi connectivity index (χ1) is 6.29. The van der Waals surface area contributed by atoms with Crippen molar-refractivity contribution in [3.63, 3.8) is 0 Å². The van der Waals surface area contributed by atoms with E-state index in [-0.39, 0.29) is 0 Å². The molecule has 0 aliphatic carbocycles. The van der Waals surface area contributed by atoms with Crippen LogP contribution in [0.1, 0.15) is 43.5 Å². The van der Waals surface area contributed by atoms with Gasteiger partial charge in [0.25, 0.3) is 0 Å². The van der Waals surface area contributed by atoms with Crippen molar-refractivity contribution in [3.05, 3.63) is 29.1 Å². The monoisotopic (exact) mass is 176 g/mol. The Kier molecular flexibility index (Phi) is 3.94. The van der Waals surface area contributed by atoms with Crippen molar-refractivity contribution >= 4 is 0 Å². The molecule has 1 radical (unpaired) electrons. The van der Waals surface area contributed by atoms with E-state index in [9.17, 15) is 0 Å². The Balaban J connectivity index is 2.95. The number of pyridine rings is 1. The summed E-state index contributed by atoms with van der Waals surface area (Å²) < 4.78 is 0. The average molecular weight is 176 g/mol. The van der Waals surface area contributed by atoms with Gasteiger partial charge in [-0.05, 0) is 30.9 Å². The first-order valence-corrected chi connectivity index (χ1v) is 5.14. The van der Waals surface area contributed by atoms with Crippen LogP contribution in [0.2, 0.25) is 0 Å². The Labute approximate surface area is 81.2 Å². The van der Waals surface area contributed by atoms with Gasteiger partial charge in [0.05, 0.1) is 0 Å². The number of aromatic nitrogens is 1. The molecule has 13 heavy (non-hydrogen) atoms. The molecule has 0 saturated heterocycles. The van der Waals surface area contributed by atoms with E-state index in [0.717, 1.165) is 12.8 Å². The van der Waals surface area contributed by atoms with E-state index >= 15 is 0 Å². The molecule has 71 valence electrons. The van der Waals surface area contributed by atoms with E-state index in [1.807, 2.05) is 0 Å². The van der Waals surface area contributed by atoms with Crippen molar-refractivity contribution in [2.45, 2.75) is 46.5 Å². The zero-order valence-corrected chi connectivity index (χ0v) is 8.85. The Morgan fingerprint density at radius 3 is 2.54 bits per heavy atom. The van der Waals surface area contributed by atoms with Gasteiger partial charge in [0.1, 0.15) is 0 Å². The van der Waals surface area contributed by atoms with E-state index in [1.165, 1.54) is 29.7 Å². The molecular weight excluding hydrogens is 158 g/mol. The predicted octanol–water partition coefficient (Wildman–Crippen LogP) is 3.10. The molecule has 0 fully saturated rings. The van der Waals surface area contributed by atoms with E-state index in [1.54, 1.807) is 6.20 Å². The largest absolute Gasteiger partial charge is 0.261 e. The minimum absolute atomic E-state index is 1.14. The first-order valence-electron chi connectivity index (χ1n) is 5.14. The number of hydrogen-bond donors (Lipinski definition) is 0. The molecule has 0 unspecified atom stereocenters. The van der Waals surface area contributed by atoms with Crippen LogP contribution >= 0.6 is 0 Å². The third-order valence-electron chi connectivity index (χ3n) is 2.30. The highest BCUT2D eigenvalue weighted by molar-refractivity contribution is 5.28. The van der Waals surface area contributed by atoms with Gasteiger partial charge < -0.3 is 0 Å². The van der Waals surface area contributed by atoms with Gasteiger partial charge in [-0.25, -0.2) is 0 Å². The second kappa shape index (κ2) is 5.00. The van der Waals surface area contributed by atoms with Crippen molar-refractivity contribution in [1.82, 2.24) is 4.98 Å². The van der Waals surface area contributed by atoms with Gasteiger partial charge in [0.2, 0.25) is 0 Å². The highest BCUT2D eigenvalue weighted by Gasteiger charge is 2.04. The highest BCUT2D eigenvalue weighted by atomic mass is 14.7. The maximum absolute atomic E-state index is 4.29. The molecule has 1 aromatic rings. The summed E-state index contributed by atoms with van der Waals surface area (Å²) >= 11 is 0. The topological polar surface area (TPSA) is 12.9 Å².